The van der Waals surface area contributed by atoms with Crippen LogP contribution in [-0.2, 0) is 0 Å². The first-order chi connectivity index (χ1) is 15.6. The number of thiophene rings is 1. The molecule has 1 amide bonds. The monoisotopic (exact) mass is 523 g/mol. The average Bonchev–Trinajstić information content (AvgIpc) is 3.51. The van der Waals surface area contributed by atoms with Crippen molar-refractivity contribution in [1.82, 2.24) is 9.88 Å². The van der Waals surface area contributed by atoms with Crippen LogP contribution in [0.2, 0.25) is 5.02 Å². The lowest BCUT2D eigenvalue weighted by Gasteiger charge is -2.24. The van der Waals surface area contributed by atoms with Gasteiger partial charge in [-0.3, -0.25) is 9.69 Å². The van der Waals surface area contributed by atoms with Gasteiger partial charge in [-0.1, -0.05) is 55.0 Å². The second-order valence-electron chi connectivity index (χ2n) is 7.39. The molecule has 2 aromatic carbocycles. The van der Waals surface area contributed by atoms with Crippen molar-refractivity contribution < 1.29 is 14.3 Å². The lowest BCUT2D eigenvalue weighted by molar-refractivity contribution is 0.0988. The van der Waals surface area contributed by atoms with Gasteiger partial charge in [0.15, 0.2) is 16.6 Å². The molecule has 10 heteroatoms. The smallest absolute Gasteiger partial charge is 0.271 e. The number of anilines is 1. The molecule has 2 aromatic heterocycles. The minimum absolute atomic E-state index is 0. The number of carbonyl (C=O) groups is 1. The first-order valence-electron chi connectivity index (χ1n) is 10.5. The van der Waals surface area contributed by atoms with E-state index in [9.17, 15) is 4.79 Å². The highest BCUT2D eigenvalue weighted by atomic mass is 35.5. The first kappa shape index (κ1) is 24.0. The van der Waals surface area contributed by atoms with Crippen LogP contribution in [0, 0.1) is 0 Å². The molecule has 0 saturated carbocycles. The Balaban J connectivity index is 0.00000259. The Morgan fingerprint density at radius 3 is 2.52 bits per heavy atom. The zero-order valence-electron chi connectivity index (χ0n) is 18.2. The standard InChI is InChI=1S/C23H22ClN3O3S2.ClH/c1-3-26(4-2)9-10-27(22(28)21-20(24)14-7-5-6-8-18(14)31-21)23-25-15-11-16-17(30-13-29-16)12-19(15)32-23;/h5-8,11-12H,3-4,9-10,13H2,1-2H3;1H. The summed E-state index contributed by atoms with van der Waals surface area (Å²) < 4.78 is 12.9. The van der Waals surface area contributed by atoms with E-state index in [-0.39, 0.29) is 25.1 Å². The maximum atomic E-state index is 13.8. The Bertz CT molecular complexity index is 1260. The van der Waals surface area contributed by atoms with Gasteiger partial charge in [-0.15, -0.1) is 23.7 Å². The summed E-state index contributed by atoms with van der Waals surface area (Å²) in [5.41, 5.74) is 0.789. The normalized spacial score (nSPS) is 12.5. The molecule has 1 aliphatic rings. The zero-order valence-corrected chi connectivity index (χ0v) is 21.4. The summed E-state index contributed by atoms with van der Waals surface area (Å²) >= 11 is 9.55. The van der Waals surface area contributed by atoms with Crippen molar-refractivity contribution in [3.8, 4) is 11.5 Å². The van der Waals surface area contributed by atoms with E-state index in [2.05, 4.69) is 18.7 Å². The Morgan fingerprint density at radius 2 is 1.79 bits per heavy atom. The molecule has 0 radical (unpaired) electrons. The van der Waals surface area contributed by atoms with E-state index in [1.54, 1.807) is 4.90 Å². The number of nitrogens with zero attached hydrogens (tertiary/aromatic N) is 3. The van der Waals surface area contributed by atoms with Crippen LogP contribution in [0.3, 0.4) is 0 Å². The number of carbonyl (C=O) groups excluding carboxylic acids is 1. The molecule has 0 spiro atoms. The van der Waals surface area contributed by atoms with Gasteiger partial charge in [-0.2, -0.15) is 0 Å². The van der Waals surface area contributed by atoms with Crippen LogP contribution in [0.15, 0.2) is 36.4 Å². The Hall–Kier alpha value is -2.10. The van der Waals surface area contributed by atoms with Gasteiger partial charge in [-0.05, 0) is 19.2 Å². The lowest BCUT2D eigenvalue weighted by atomic mass is 10.2. The predicted octanol–water partition coefficient (Wildman–Crippen LogP) is 6.30. The van der Waals surface area contributed by atoms with Gasteiger partial charge in [0.05, 0.1) is 15.2 Å². The van der Waals surface area contributed by atoms with Crippen LogP contribution in [0.1, 0.15) is 23.5 Å². The van der Waals surface area contributed by atoms with Gasteiger partial charge in [-0.25, -0.2) is 4.98 Å². The molecule has 4 aromatic rings. The molecule has 0 saturated heterocycles. The first-order valence-corrected chi connectivity index (χ1v) is 12.5. The predicted molar refractivity (Wildman–Crippen MR) is 139 cm³/mol. The van der Waals surface area contributed by atoms with Crippen molar-refractivity contribution in [3.63, 3.8) is 0 Å². The van der Waals surface area contributed by atoms with Crippen LogP contribution in [0.4, 0.5) is 5.13 Å². The van der Waals surface area contributed by atoms with Gasteiger partial charge in [0, 0.05) is 35.3 Å². The minimum atomic E-state index is -0.123. The molecule has 0 bridgehead atoms. The van der Waals surface area contributed by atoms with E-state index in [1.807, 2.05) is 36.4 Å². The summed E-state index contributed by atoms with van der Waals surface area (Å²) in [4.78, 5) is 23.1. The number of hydrogen-bond donors (Lipinski definition) is 0. The highest BCUT2D eigenvalue weighted by molar-refractivity contribution is 7.23. The Labute approximate surface area is 211 Å². The van der Waals surface area contributed by atoms with Gasteiger partial charge < -0.3 is 14.4 Å². The third-order valence-corrected chi connectivity index (χ3v) is 8.32. The highest BCUT2D eigenvalue weighted by Gasteiger charge is 2.27. The van der Waals surface area contributed by atoms with Crippen molar-refractivity contribution in [1.29, 1.82) is 0 Å². The fraction of sp³-hybridized carbons (Fsp3) is 0.304. The van der Waals surface area contributed by atoms with E-state index in [0.29, 0.717) is 33.1 Å². The number of fused-ring (bicyclic) bond motifs is 3. The van der Waals surface area contributed by atoms with E-state index in [0.717, 1.165) is 39.9 Å². The summed E-state index contributed by atoms with van der Waals surface area (Å²) in [5.74, 6) is 1.27. The van der Waals surface area contributed by atoms with Gasteiger partial charge in [0.2, 0.25) is 6.79 Å². The minimum Gasteiger partial charge on any atom is -0.454 e. The second-order valence-corrected chi connectivity index (χ2v) is 9.83. The van der Waals surface area contributed by atoms with Crippen molar-refractivity contribution in [2.75, 3.05) is 37.9 Å². The number of amides is 1. The maximum Gasteiger partial charge on any atom is 0.271 e. The van der Waals surface area contributed by atoms with Crippen LogP contribution < -0.4 is 14.4 Å². The average molecular weight is 524 g/mol. The SMILES string of the molecule is CCN(CC)CCN(C(=O)c1sc2ccccc2c1Cl)c1nc2cc3c(cc2s1)OCO3.Cl. The molecule has 0 N–H and O–H groups in total. The van der Waals surface area contributed by atoms with E-state index in [4.69, 9.17) is 26.1 Å². The number of likely N-dealkylation sites (N-methyl/N-ethyl adjacent to an activating group) is 1. The van der Waals surface area contributed by atoms with Crippen molar-refractivity contribution in [2.24, 2.45) is 0 Å². The lowest BCUT2D eigenvalue weighted by Crippen LogP contribution is -2.38. The molecule has 1 aliphatic heterocycles. The highest BCUT2D eigenvalue weighted by Crippen LogP contribution is 2.41. The number of aromatic nitrogens is 1. The number of halogens is 2. The number of rotatable bonds is 7. The summed E-state index contributed by atoms with van der Waals surface area (Å²) in [6.07, 6.45) is 0. The number of benzene rings is 2. The largest absolute Gasteiger partial charge is 0.454 e. The topological polar surface area (TPSA) is 54.9 Å². The molecule has 0 atom stereocenters. The maximum absolute atomic E-state index is 13.8. The molecule has 33 heavy (non-hydrogen) atoms. The molecule has 174 valence electrons. The van der Waals surface area contributed by atoms with E-state index >= 15 is 0 Å². The van der Waals surface area contributed by atoms with Crippen LogP contribution in [-0.4, -0.2) is 48.8 Å². The Morgan fingerprint density at radius 1 is 1.06 bits per heavy atom. The molecular formula is C23H23Cl2N3O3S2. The molecule has 5 rings (SSSR count). The van der Waals surface area contributed by atoms with Gasteiger partial charge in [0.1, 0.15) is 4.88 Å². The van der Waals surface area contributed by atoms with Crippen LogP contribution in [0.5, 0.6) is 11.5 Å². The number of ether oxygens (including phenoxy) is 2. The fourth-order valence-corrected chi connectivity index (χ4v) is 6.22. The molecule has 0 fully saturated rings. The third-order valence-electron chi connectivity index (χ3n) is 5.61. The van der Waals surface area contributed by atoms with E-state index < -0.39 is 0 Å². The summed E-state index contributed by atoms with van der Waals surface area (Å²) in [7, 11) is 0. The van der Waals surface area contributed by atoms with Crippen LogP contribution >= 0.6 is 46.7 Å². The number of hydrogen-bond acceptors (Lipinski definition) is 7. The quantitative estimate of drug-likeness (QED) is 0.284. The second kappa shape index (κ2) is 10.0. The van der Waals surface area contributed by atoms with Crippen molar-refractivity contribution >= 4 is 78.0 Å². The summed E-state index contributed by atoms with van der Waals surface area (Å²) in [6.45, 7) is 7.58. The van der Waals surface area contributed by atoms with Crippen LogP contribution in [0.25, 0.3) is 20.3 Å². The molecule has 3 heterocycles. The molecule has 6 nitrogen and oxygen atoms in total. The zero-order chi connectivity index (χ0) is 22.2. The molecule has 0 aliphatic carbocycles. The Kier molecular flexibility index (Phi) is 7.31. The van der Waals surface area contributed by atoms with Crippen molar-refractivity contribution in [2.45, 2.75) is 13.8 Å². The van der Waals surface area contributed by atoms with E-state index in [1.165, 1.54) is 22.7 Å². The fourth-order valence-electron chi connectivity index (χ4n) is 3.76. The molecular weight excluding hydrogens is 501 g/mol. The third kappa shape index (κ3) is 4.50. The summed E-state index contributed by atoms with van der Waals surface area (Å²) in [6, 6.07) is 11.6. The van der Waals surface area contributed by atoms with Gasteiger partial charge in [0.25, 0.3) is 5.91 Å². The number of thiazole rings is 1. The molecule has 0 unspecified atom stereocenters. The van der Waals surface area contributed by atoms with Crippen molar-refractivity contribution in [3.05, 3.63) is 46.3 Å². The summed E-state index contributed by atoms with van der Waals surface area (Å²) in [5, 5.41) is 2.06. The van der Waals surface area contributed by atoms with Gasteiger partial charge >= 0.3 is 0 Å².